The second-order valence-corrected chi connectivity index (χ2v) is 10.8. The topological polar surface area (TPSA) is 86.5 Å². The number of fused-ring (bicyclic) bond motifs is 1. The highest BCUT2D eigenvalue weighted by atomic mass is 16.6. The van der Waals surface area contributed by atoms with Crippen molar-refractivity contribution in [3.05, 3.63) is 53.5 Å². The molecule has 1 amide bonds. The van der Waals surface area contributed by atoms with Gasteiger partial charge in [-0.25, -0.2) is 9.48 Å². The van der Waals surface area contributed by atoms with E-state index in [4.69, 9.17) is 14.6 Å². The number of allylic oxidation sites excluding steroid dienone is 1. The van der Waals surface area contributed by atoms with Crippen molar-refractivity contribution in [3.8, 4) is 11.1 Å². The molecule has 38 heavy (non-hydrogen) atoms. The van der Waals surface area contributed by atoms with Crippen LogP contribution >= 0.6 is 0 Å². The van der Waals surface area contributed by atoms with Gasteiger partial charge in [-0.1, -0.05) is 6.07 Å². The lowest BCUT2D eigenvalue weighted by Gasteiger charge is -2.27. The summed E-state index contributed by atoms with van der Waals surface area (Å²) >= 11 is 0. The van der Waals surface area contributed by atoms with E-state index in [0.29, 0.717) is 13.1 Å². The molecule has 8 nitrogen and oxygen atoms in total. The van der Waals surface area contributed by atoms with Crippen LogP contribution in [0.15, 0.2) is 36.7 Å². The molecule has 1 aromatic carbocycles. The van der Waals surface area contributed by atoms with Crippen molar-refractivity contribution in [1.82, 2.24) is 19.7 Å². The highest BCUT2D eigenvalue weighted by Crippen LogP contribution is 2.33. The first-order valence-electron chi connectivity index (χ1n) is 13.3. The van der Waals surface area contributed by atoms with E-state index in [2.05, 4.69) is 30.1 Å². The van der Waals surface area contributed by atoms with Gasteiger partial charge in [0.05, 0.1) is 17.8 Å². The summed E-state index contributed by atoms with van der Waals surface area (Å²) in [6.07, 6.45) is 9.58. The number of hydrogen-bond donors (Lipinski definition) is 0. The standard InChI is InChI=1S/C30H38N4O4/c1-7-33(29(36)38-30(4,5)6)19-23-17-31-18-25(21(23)3)22-12-14-27-24(16-22)26(13-11-20(2)35)32-34(27)28-10-8-9-15-37-28/h11-14,16-18,28H,7-10,15,19H2,1-6H3. The maximum absolute atomic E-state index is 12.7. The van der Waals surface area contributed by atoms with E-state index in [-0.39, 0.29) is 18.1 Å². The Labute approximate surface area is 224 Å². The van der Waals surface area contributed by atoms with Crippen molar-refractivity contribution in [2.24, 2.45) is 0 Å². The van der Waals surface area contributed by atoms with Crippen molar-refractivity contribution in [2.75, 3.05) is 13.2 Å². The van der Waals surface area contributed by atoms with Crippen molar-refractivity contribution in [2.45, 2.75) is 79.2 Å². The fourth-order valence-corrected chi connectivity index (χ4v) is 4.64. The molecule has 0 bridgehead atoms. The highest BCUT2D eigenvalue weighted by Gasteiger charge is 2.23. The molecular weight excluding hydrogens is 480 g/mol. The minimum absolute atomic E-state index is 0.0315. The summed E-state index contributed by atoms with van der Waals surface area (Å²) in [4.78, 5) is 30.6. The predicted molar refractivity (Wildman–Crippen MR) is 149 cm³/mol. The number of aromatic nitrogens is 3. The molecule has 8 heteroatoms. The van der Waals surface area contributed by atoms with E-state index in [1.54, 1.807) is 17.1 Å². The number of hydrogen-bond acceptors (Lipinski definition) is 6. The van der Waals surface area contributed by atoms with Crippen molar-refractivity contribution < 1.29 is 19.1 Å². The third-order valence-corrected chi connectivity index (χ3v) is 6.66. The van der Waals surface area contributed by atoms with Gasteiger partial charge >= 0.3 is 6.09 Å². The van der Waals surface area contributed by atoms with Gasteiger partial charge < -0.3 is 14.4 Å². The Morgan fingerprint density at radius 3 is 2.68 bits per heavy atom. The van der Waals surface area contributed by atoms with Gasteiger partial charge in [-0.15, -0.1) is 0 Å². The molecule has 1 aliphatic heterocycles. The third kappa shape index (κ3) is 6.30. The first-order valence-corrected chi connectivity index (χ1v) is 13.3. The Morgan fingerprint density at radius 2 is 2.03 bits per heavy atom. The molecule has 4 rings (SSSR count). The summed E-state index contributed by atoms with van der Waals surface area (Å²) in [5, 5.41) is 5.78. The minimum atomic E-state index is -0.559. The molecule has 1 fully saturated rings. The Kier molecular flexibility index (Phi) is 8.31. The number of carbonyl (C=O) groups excluding carboxylic acids is 2. The first-order chi connectivity index (χ1) is 18.1. The SMILES string of the molecule is CCN(Cc1cncc(-c2ccc3c(c2)c(C=CC(C)=O)nn3C2CCCCO2)c1C)C(=O)OC(C)(C)C. The lowest BCUT2D eigenvalue weighted by Crippen LogP contribution is -2.36. The Bertz CT molecular complexity index is 1350. The molecule has 3 aromatic rings. The number of benzene rings is 1. The lowest BCUT2D eigenvalue weighted by molar-refractivity contribution is -0.112. The van der Waals surface area contributed by atoms with Gasteiger partial charge in [-0.2, -0.15) is 5.10 Å². The predicted octanol–water partition coefficient (Wildman–Crippen LogP) is 6.47. The molecule has 0 spiro atoms. The van der Waals surface area contributed by atoms with E-state index in [9.17, 15) is 9.59 Å². The van der Waals surface area contributed by atoms with Gasteiger partial charge in [0.1, 0.15) is 5.60 Å². The fourth-order valence-electron chi connectivity index (χ4n) is 4.64. The monoisotopic (exact) mass is 518 g/mol. The van der Waals surface area contributed by atoms with E-state index >= 15 is 0 Å². The quantitative estimate of drug-likeness (QED) is 0.333. The molecule has 0 radical (unpaired) electrons. The number of ether oxygens (including phenoxy) is 2. The third-order valence-electron chi connectivity index (χ3n) is 6.66. The molecule has 0 saturated carbocycles. The van der Waals surface area contributed by atoms with Crippen LogP contribution in [0.5, 0.6) is 0 Å². The molecule has 1 unspecified atom stereocenters. The van der Waals surface area contributed by atoms with Crippen LogP contribution in [0.25, 0.3) is 28.1 Å². The van der Waals surface area contributed by atoms with Crippen LogP contribution in [0, 0.1) is 6.92 Å². The summed E-state index contributed by atoms with van der Waals surface area (Å²) in [5.74, 6) is -0.0315. The van der Waals surface area contributed by atoms with E-state index in [1.807, 2.05) is 44.8 Å². The minimum Gasteiger partial charge on any atom is -0.444 e. The van der Waals surface area contributed by atoms with Gasteiger partial charge in [0.2, 0.25) is 0 Å². The molecule has 202 valence electrons. The molecule has 0 N–H and O–H groups in total. The van der Waals surface area contributed by atoms with Crippen LogP contribution < -0.4 is 0 Å². The first kappa shape index (κ1) is 27.5. The van der Waals surface area contributed by atoms with Gasteiger partial charge in [0.25, 0.3) is 0 Å². The number of pyridine rings is 1. The number of nitrogens with zero attached hydrogens (tertiary/aromatic N) is 4. The van der Waals surface area contributed by atoms with Crippen LogP contribution in [0.2, 0.25) is 0 Å². The Morgan fingerprint density at radius 1 is 1.24 bits per heavy atom. The lowest BCUT2D eigenvalue weighted by atomic mass is 9.97. The number of carbonyl (C=O) groups is 2. The van der Waals surface area contributed by atoms with Crippen LogP contribution in [0.4, 0.5) is 4.79 Å². The zero-order valence-corrected chi connectivity index (χ0v) is 23.3. The molecule has 1 atom stereocenters. The van der Waals surface area contributed by atoms with Gasteiger partial charge in [0.15, 0.2) is 12.0 Å². The maximum Gasteiger partial charge on any atom is 0.410 e. The summed E-state index contributed by atoms with van der Waals surface area (Å²) in [6, 6.07) is 6.23. The Balaban J connectivity index is 1.71. The molecular formula is C30H38N4O4. The molecule has 1 aliphatic rings. The zero-order chi connectivity index (χ0) is 27.4. The molecule has 3 heterocycles. The van der Waals surface area contributed by atoms with Gasteiger partial charge in [-0.05, 0) is 102 Å². The average Bonchev–Trinajstić information content (AvgIpc) is 3.24. The summed E-state index contributed by atoms with van der Waals surface area (Å²) in [7, 11) is 0. The van der Waals surface area contributed by atoms with Crippen molar-refractivity contribution in [3.63, 3.8) is 0 Å². The van der Waals surface area contributed by atoms with Crippen LogP contribution in [0.3, 0.4) is 0 Å². The normalized spacial score (nSPS) is 16.2. The smallest absolute Gasteiger partial charge is 0.410 e. The van der Waals surface area contributed by atoms with E-state index in [0.717, 1.165) is 64.7 Å². The summed E-state index contributed by atoms with van der Waals surface area (Å²) in [5.41, 5.74) is 5.11. The second kappa shape index (κ2) is 11.5. The van der Waals surface area contributed by atoms with Crippen LogP contribution in [0.1, 0.15) is 76.9 Å². The van der Waals surface area contributed by atoms with E-state index in [1.165, 1.54) is 6.92 Å². The fraction of sp³-hybridized carbons (Fsp3) is 0.467. The average molecular weight is 519 g/mol. The summed E-state index contributed by atoms with van der Waals surface area (Å²) in [6.45, 7) is 12.8. The highest BCUT2D eigenvalue weighted by molar-refractivity contribution is 5.96. The van der Waals surface area contributed by atoms with Crippen molar-refractivity contribution in [1.29, 1.82) is 0 Å². The van der Waals surface area contributed by atoms with Crippen LogP contribution in [-0.2, 0) is 20.8 Å². The molecule has 2 aromatic heterocycles. The van der Waals surface area contributed by atoms with Crippen LogP contribution in [-0.4, -0.2) is 50.3 Å². The zero-order valence-electron chi connectivity index (χ0n) is 23.3. The molecule has 0 aliphatic carbocycles. The summed E-state index contributed by atoms with van der Waals surface area (Å²) < 4.78 is 13.5. The number of ketones is 1. The number of amides is 1. The maximum atomic E-state index is 12.7. The van der Waals surface area contributed by atoms with Crippen molar-refractivity contribution >= 4 is 28.9 Å². The molecule has 1 saturated heterocycles. The number of rotatable bonds is 7. The van der Waals surface area contributed by atoms with Gasteiger partial charge in [-0.3, -0.25) is 9.78 Å². The van der Waals surface area contributed by atoms with E-state index < -0.39 is 5.60 Å². The van der Waals surface area contributed by atoms with Gasteiger partial charge in [0, 0.05) is 36.5 Å². The Hall–Kier alpha value is -3.52. The largest absolute Gasteiger partial charge is 0.444 e. The second-order valence-electron chi connectivity index (χ2n) is 10.8.